The normalized spacial score (nSPS) is 18.2. The van der Waals surface area contributed by atoms with E-state index in [2.05, 4.69) is 15.9 Å². The summed E-state index contributed by atoms with van der Waals surface area (Å²) in [7, 11) is 3.05. The molecule has 0 bridgehead atoms. The van der Waals surface area contributed by atoms with Crippen LogP contribution in [0.1, 0.15) is 12.0 Å². The molecule has 0 aliphatic carbocycles. The van der Waals surface area contributed by atoms with Crippen LogP contribution in [0.5, 0.6) is 5.75 Å². The van der Waals surface area contributed by atoms with Crippen LogP contribution in [0.25, 0.3) is 0 Å². The van der Waals surface area contributed by atoms with Gasteiger partial charge in [-0.1, -0.05) is 15.9 Å². The lowest BCUT2D eigenvalue weighted by molar-refractivity contribution is -0.177. The number of hydrogen-bond donors (Lipinski definition) is 0. The predicted octanol–water partition coefficient (Wildman–Crippen LogP) is 2.16. The van der Waals surface area contributed by atoms with Crippen molar-refractivity contribution in [1.82, 2.24) is 5.06 Å². The number of ether oxygens (including phenoxy) is 1. The molecule has 1 amide bonds. The molecule has 0 saturated heterocycles. The summed E-state index contributed by atoms with van der Waals surface area (Å²) in [6.07, 6.45) is 1.06. The number of hydroxylamine groups is 2. The first kappa shape index (κ1) is 12.4. The number of carbonyl (C=O) groups excluding carboxylic acids is 1. The maximum absolute atomic E-state index is 11.9. The summed E-state index contributed by atoms with van der Waals surface area (Å²) in [6.45, 7) is 0. The SMILES string of the molecule is CON(C)C(=O)[C@@H]1CCc2cc(Br)ccc2O1. The summed E-state index contributed by atoms with van der Waals surface area (Å²) in [5.74, 6) is 0.628. The van der Waals surface area contributed by atoms with E-state index in [-0.39, 0.29) is 5.91 Å². The number of benzene rings is 1. The monoisotopic (exact) mass is 299 g/mol. The van der Waals surface area contributed by atoms with Gasteiger partial charge >= 0.3 is 0 Å². The molecule has 0 saturated carbocycles. The zero-order valence-corrected chi connectivity index (χ0v) is 11.4. The fourth-order valence-electron chi connectivity index (χ4n) is 1.82. The highest BCUT2D eigenvalue weighted by Crippen LogP contribution is 2.30. The van der Waals surface area contributed by atoms with Crippen molar-refractivity contribution >= 4 is 21.8 Å². The number of fused-ring (bicyclic) bond motifs is 1. The highest BCUT2D eigenvalue weighted by Gasteiger charge is 2.28. The van der Waals surface area contributed by atoms with Crippen molar-refractivity contribution in [3.63, 3.8) is 0 Å². The fraction of sp³-hybridized carbons (Fsp3) is 0.417. The highest BCUT2D eigenvalue weighted by atomic mass is 79.9. The maximum Gasteiger partial charge on any atom is 0.286 e. The Balaban J connectivity index is 2.13. The minimum absolute atomic E-state index is 0.152. The van der Waals surface area contributed by atoms with Gasteiger partial charge in [0.15, 0.2) is 6.10 Å². The first-order valence-corrected chi connectivity index (χ1v) is 6.18. The van der Waals surface area contributed by atoms with Gasteiger partial charge in [0.1, 0.15) is 5.75 Å². The molecule has 2 rings (SSSR count). The molecule has 0 fully saturated rings. The van der Waals surface area contributed by atoms with Gasteiger partial charge in [-0.05, 0) is 36.6 Å². The number of carbonyl (C=O) groups is 1. The van der Waals surface area contributed by atoms with Gasteiger partial charge in [-0.3, -0.25) is 9.63 Å². The second-order valence-electron chi connectivity index (χ2n) is 3.92. The Labute approximate surface area is 109 Å². The zero-order valence-electron chi connectivity index (χ0n) is 9.77. The van der Waals surface area contributed by atoms with Crippen LogP contribution in [0.2, 0.25) is 0 Å². The molecule has 1 atom stereocenters. The van der Waals surface area contributed by atoms with Gasteiger partial charge in [0, 0.05) is 11.5 Å². The van der Waals surface area contributed by atoms with Crippen LogP contribution in [0, 0.1) is 0 Å². The molecule has 0 spiro atoms. The van der Waals surface area contributed by atoms with Gasteiger partial charge in [0.2, 0.25) is 0 Å². The predicted molar refractivity (Wildman–Crippen MR) is 66.7 cm³/mol. The summed E-state index contributed by atoms with van der Waals surface area (Å²) in [5.41, 5.74) is 1.13. The van der Waals surface area contributed by atoms with Crippen LogP contribution in [-0.4, -0.2) is 31.2 Å². The summed E-state index contributed by atoms with van der Waals surface area (Å²) in [6, 6.07) is 5.81. The Bertz CT molecular complexity index is 436. The second-order valence-corrected chi connectivity index (χ2v) is 4.83. The molecule has 1 aliphatic rings. The van der Waals surface area contributed by atoms with E-state index in [0.29, 0.717) is 6.42 Å². The van der Waals surface area contributed by atoms with E-state index in [1.165, 1.54) is 12.2 Å². The molecule has 1 aliphatic heterocycles. The standard InChI is InChI=1S/C12H14BrNO3/c1-14(16-2)12(15)11-5-3-8-7-9(13)4-6-10(8)17-11/h4,6-7,11H,3,5H2,1-2H3/t11-/m0/s1. The summed E-state index contributed by atoms with van der Waals surface area (Å²) in [4.78, 5) is 16.7. The Morgan fingerprint density at radius 3 is 3.06 bits per heavy atom. The summed E-state index contributed by atoms with van der Waals surface area (Å²) < 4.78 is 6.71. The smallest absolute Gasteiger partial charge is 0.286 e. The largest absolute Gasteiger partial charge is 0.480 e. The molecular formula is C12H14BrNO3. The first-order valence-electron chi connectivity index (χ1n) is 5.38. The molecule has 0 unspecified atom stereocenters. The molecule has 1 aromatic rings. The van der Waals surface area contributed by atoms with Gasteiger partial charge in [-0.2, -0.15) is 0 Å². The number of nitrogens with zero attached hydrogens (tertiary/aromatic N) is 1. The van der Waals surface area contributed by atoms with Gasteiger partial charge in [0.05, 0.1) is 7.11 Å². The Morgan fingerprint density at radius 2 is 2.35 bits per heavy atom. The van der Waals surface area contributed by atoms with Gasteiger partial charge in [0.25, 0.3) is 5.91 Å². The van der Waals surface area contributed by atoms with Crippen LogP contribution < -0.4 is 4.74 Å². The molecule has 0 aromatic heterocycles. The van der Waals surface area contributed by atoms with E-state index < -0.39 is 6.10 Å². The maximum atomic E-state index is 11.9. The molecule has 4 nitrogen and oxygen atoms in total. The Hall–Kier alpha value is -1.07. The number of aryl methyl sites for hydroxylation is 1. The number of hydrogen-bond acceptors (Lipinski definition) is 3. The van der Waals surface area contributed by atoms with Gasteiger partial charge in [-0.15, -0.1) is 0 Å². The highest BCUT2D eigenvalue weighted by molar-refractivity contribution is 9.10. The zero-order chi connectivity index (χ0) is 12.4. The van der Waals surface area contributed by atoms with Crippen molar-refractivity contribution in [3.8, 4) is 5.75 Å². The molecule has 0 radical (unpaired) electrons. The third-order valence-corrected chi connectivity index (χ3v) is 3.32. The van der Waals surface area contributed by atoms with Crippen LogP contribution >= 0.6 is 15.9 Å². The lowest BCUT2D eigenvalue weighted by Crippen LogP contribution is -2.41. The molecule has 1 aromatic carbocycles. The van der Waals surface area contributed by atoms with Crippen molar-refractivity contribution in [2.75, 3.05) is 14.2 Å². The van der Waals surface area contributed by atoms with Crippen LogP contribution in [-0.2, 0) is 16.1 Å². The molecule has 17 heavy (non-hydrogen) atoms. The average molecular weight is 300 g/mol. The van der Waals surface area contributed by atoms with E-state index in [0.717, 1.165) is 22.2 Å². The van der Waals surface area contributed by atoms with E-state index in [9.17, 15) is 4.79 Å². The van der Waals surface area contributed by atoms with Crippen molar-refractivity contribution in [3.05, 3.63) is 28.2 Å². The van der Waals surface area contributed by atoms with E-state index in [4.69, 9.17) is 9.57 Å². The number of halogens is 1. The van der Waals surface area contributed by atoms with E-state index in [1.807, 2.05) is 18.2 Å². The minimum atomic E-state index is -0.450. The number of amides is 1. The molecule has 1 heterocycles. The number of rotatable bonds is 2. The quantitative estimate of drug-likeness (QED) is 0.786. The minimum Gasteiger partial charge on any atom is -0.480 e. The van der Waals surface area contributed by atoms with E-state index >= 15 is 0 Å². The summed E-state index contributed by atoms with van der Waals surface area (Å²) in [5, 5.41) is 1.20. The molecule has 0 N–H and O–H groups in total. The second kappa shape index (κ2) is 5.06. The Morgan fingerprint density at radius 1 is 1.59 bits per heavy atom. The summed E-state index contributed by atoms with van der Waals surface area (Å²) >= 11 is 3.42. The molecular weight excluding hydrogens is 286 g/mol. The van der Waals surface area contributed by atoms with Crippen molar-refractivity contribution in [2.24, 2.45) is 0 Å². The third kappa shape index (κ3) is 2.61. The average Bonchev–Trinajstić information content (AvgIpc) is 2.36. The molecule has 5 heteroatoms. The van der Waals surface area contributed by atoms with Gasteiger partial charge < -0.3 is 4.74 Å². The topological polar surface area (TPSA) is 38.8 Å². The fourth-order valence-corrected chi connectivity index (χ4v) is 2.23. The van der Waals surface area contributed by atoms with Crippen LogP contribution in [0.4, 0.5) is 0 Å². The first-order chi connectivity index (χ1) is 8.11. The third-order valence-electron chi connectivity index (χ3n) is 2.83. The van der Waals surface area contributed by atoms with Crippen LogP contribution in [0.15, 0.2) is 22.7 Å². The molecule has 92 valence electrons. The van der Waals surface area contributed by atoms with Crippen molar-refractivity contribution in [1.29, 1.82) is 0 Å². The number of likely N-dealkylation sites (N-methyl/N-ethyl adjacent to an activating group) is 1. The van der Waals surface area contributed by atoms with Crippen molar-refractivity contribution in [2.45, 2.75) is 18.9 Å². The Kier molecular flexibility index (Phi) is 3.69. The van der Waals surface area contributed by atoms with Gasteiger partial charge in [-0.25, -0.2) is 5.06 Å². The van der Waals surface area contributed by atoms with Crippen LogP contribution in [0.3, 0.4) is 0 Å². The lowest BCUT2D eigenvalue weighted by atomic mass is 10.0. The lowest BCUT2D eigenvalue weighted by Gasteiger charge is -2.27. The van der Waals surface area contributed by atoms with Crippen molar-refractivity contribution < 1.29 is 14.4 Å². The van der Waals surface area contributed by atoms with E-state index in [1.54, 1.807) is 7.05 Å².